The maximum absolute atomic E-state index is 11.8. The van der Waals surface area contributed by atoms with Crippen molar-refractivity contribution in [1.82, 2.24) is 20.2 Å². The van der Waals surface area contributed by atoms with Gasteiger partial charge in [-0.25, -0.2) is 9.59 Å². The number of carbonyl (C=O) groups excluding carboxylic acids is 1. The zero-order valence-corrected chi connectivity index (χ0v) is 13.6. The summed E-state index contributed by atoms with van der Waals surface area (Å²) >= 11 is 0. The van der Waals surface area contributed by atoms with E-state index >= 15 is 0 Å². The van der Waals surface area contributed by atoms with E-state index in [4.69, 9.17) is 0 Å². The largest absolute Gasteiger partial charge is 0.338 e. The number of hydrogen-bond acceptors (Lipinski definition) is 3. The number of carbonyl (C=O) groups is 1. The van der Waals surface area contributed by atoms with Crippen molar-refractivity contribution >= 4 is 6.03 Å². The second-order valence-electron chi connectivity index (χ2n) is 6.13. The molecule has 1 aromatic rings. The zero-order chi connectivity index (χ0) is 16.8. The van der Waals surface area contributed by atoms with E-state index in [1.165, 1.54) is 10.8 Å². The second-order valence-corrected chi connectivity index (χ2v) is 6.13. The van der Waals surface area contributed by atoms with Gasteiger partial charge < -0.3 is 10.6 Å². The molecule has 126 valence electrons. The van der Waals surface area contributed by atoms with Crippen LogP contribution < -0.4 is 21.9 Å². The number of nitrogens with zero attached hydrogens (tertiary/aromatic N) is 1. The number of H-pyrrole nitrogens is 1. The molecule has 23 heavy (non-hydrogen) atoms. The van der Waals surface area contributed by atoms with Gasteiger partial charge in [0, 0.05) is 18.8 Å². The molecule has 1 aliphatic carbocycles. The predicted molar refractivity (Wildman–Crippen MR) is 88.4 cm³/mol. The first-order valence-electron chi connectivity index (χ1n) is 7.98. The number of hydrogen-bond donors (Lipinski definition) is 3. The third kappa shape index (κ3) is 4.84. The van der Waals surface area contributed by atoms with Gasteiger partial charge in [-0.05, 0) is 39.0 Å². The van der Waals surface area contributed by atoms with E-state index in [9.17, 15) is 14.4 Å². The van der Waals surface area contributed by atoms with Crippen LogP contribution >= 0.6 is 0 Å². The Morgan fingerprint density at radius 3 is 2.78 bits per heavy atom. The van der Waals surface area contributed by atoms with Crippen molar-refractivity contribution in [2.75, 3.05) is 6.54 Å². The van der Waals surface area contributed by atoms with Crippen LogP contribution in [-0.2, 0) is 6.54 Å². The molecule has 7 heteroatoms. The summed E-state index contributed by atoms with van der Waals surface area (Å²) in [5, 5.41) is 5.49. The molecule has 2 amide bonds. The van der Waals surface area contributed by atoms with Crippen LogP contribution in [0.5, 0.6) is 0 Å². The number of amides is 2. The van der Waals surface area contributed by atoms with Gasteiger partial charge in [-0.3, -0.25) is 14.3 Å². The van der Waals surface area contributed by atoms with E-state index in [-0.39, 0.29) is 18.6 Å². The standard InChI is InChI=1S/C16H24N4O3/c1-11(2)20-10-13(14(21)19-16(20)23)9-18-15(22)17-8-12-6-4-3-5-7-12/h3-4,10-12H,5-9H2,1-2H3,(H2,17,18,22)(H,19,21,23). The lowest BCUT2D eigenvalue weighted by Crippen LogP contribution is -2.40. The van der Waals surface area contributed by atoms with Crippen molar-refractivity contribution in [3.05, 3.63) is 44.8 Å². The Morgan fingerprint density at radius 1 is 1.35 bits per heavy atom. The minimum atomic E-state index is -0.468. The number of aromatic amines is 1. The molecule has 3 N–H and O–H groups in total. The number of allylic oxidation sites excluding steroid dienone is 2. The van der Waals surface area contributed by atoms with Gasteiger partial charge in [-0.2, -0.15) is 0 Å². The molecule has 0 spiro atoms. The number of aromatic nitrogens is 2. The van der Waals surface area contributed by atoms with Crippen molar-refractivity contribution in [3.8, 4) is 0 Å². The van der Waals surface area contributed by atoms with E-state index in [0.717, 1.165) is 19.3 Å². The van der Waals surface area contributed by atoms with Gasteiger partial charge in [0.25, 0.3) is 5.56 Å². The Labute approximate surface area is 134 Å². The van der Waals surface area contributed by atoms with E-state index in [0.29, 0.717) is 18.0 Å². The molecule has 0 bridgehead atoms. The predicted octanol–water partition coefficient (Wildman–Crippen LogP) is 1.27. The summed E-state index contributed by atoms with van der Waals surface area (Å²) < 4.78 is 1.44. The lowest BCUT2D eigenvalue weighted by molar-refractivity contribution is 0.238. The highest BCUT2D eigenvalue weighted by atomic mass is 16.2. The van der Waals surface area contributed by atoms with Crippen LogP contribution in [-0.4, -0.2) is 22.1 Å². The van der Waals surface area contributed by atoms with Crippen LogP contribution in [0.4, 0.5) is 4.79 Å². The summed E-state index contributed by atoms with van der Waals surface area (Å²) in [5.41, 5.74) is -0.553. The summed E-state index contributed by atoms with van der Waals surface area (Å²) in [7, 11) is 0. The van der Waals surface area contributed by atoms with Gasteiger partial charge in [0.05, 0.1) is 12.1 Å². The van der Waals surface area contributed by atoms with Crippen LogP contribution in [0.15, 0.2) is 27.9 Å². The van der Waals surface area contributed by atoms with E-state index in [1.807, 2.05) is 13.8 Å². The SMILES string of the molecule is CC(C)n1cc(CNC(=O)NCC2CC=CCC2)c(=O)[nH]c1=O. The Morgan fingerprint density at radius 2 is 2.13 bits per heavy atom. The molecule has 1 aliphatic rings. The minimum Gasteiger partial charge on any atom is -0.338 e. The van der Waals surface area contributed by atoms with Gasteiger partial charge in [0.15, 0.2) is 0 Å². The van der Waals surface area contributed by atoms with Gasteiger partial charge in [-0.1, -0.05) is 12.2 Å². The van der Waals surface area contributed by atoms with Crippen LogP contribution in [0, 0.1) is 5.92 Å². The number of nitrogens with one attached hydrogen (secondary N) is 3. The topological polar surface area (TPSA) is 96.0 Å². The van der Waals surface area contributed by atoms with Crippen molar-refractivity contribution < 1.29 is 4.79 Å². The third-order valence-electron chi connectivity index (χ3n) is 3.97. The summed E-state index contributed by atoms with van der Waals surface area (Å²) in [4.78, 5) is 37.5. The molecular weight excluding hydrogens is 296 g/mol. The highest BCUT2D eigenvalue weighted by Crippen LogP contribution is 2.16. The molecule has 0 radical (unpaired) electrons. The third-order valence-corrected chi connectivity index (χ3v) is 3.97. The van der Waals surface area contributed by atoms with Crippen molar-refractivity contribution in [3.63, 3.8) is 0 Å². The first-order chi connectivity index (χ1) is 11.0. The number of rotatable bonds is 5. The monoisotopic (exact) mass is 320 g/mol. The maximum atomic E-state index is 11.8. The fraction of sp³-hybridized carbons (Fsp3) is 0.562. The van der Waals surface area contributed by atoms with Gasteiger partial charge in [0.1, 0.15) is 0 Å². The van der Waals surface area contributed by atoms with Crippen LogP contribution in [0.25, 0.3) is 0 Å². The van der Waals surface area contributed by atoms with Crippen molar-refractivity contribution in [1.29, 1.82) is 0 Å². The highest BCUT2D eigenvalue weighted by Gasteiger charge is 2.12. The lowest BCUT2D eigenvalue weighted by atomic mass is 9.94. The fourth-order valence-electron chi connectivity index (χ4n) is 2.55. The molecule has 1 atom stereocenters. The Bertz CT molecular complexity index is 687. The lowest BCUT2D eigenvalue weighted by Gasteiger charge is -2.18. The van der Waals surface area contributed by atoms with Gasteiger partial charge in [0.2, 0.25) is 0 Å². The molecule has 1 heterocycles. The summed E-state index contributed by atoms with van der Waals surface area (Å²) in [6.45, 7) is 4.40. The molecule has 0 aromatic carbocycles. The second kappa shape index (κ2) is 7.80. The number of urea groups is 1. The molecule has 0 fully saturated rings. The van der Waals surface area contributed by atoms with Crippen LogP contribution in [0.3, 0.4) is 0 Å². The average Bonchev–Trinajstić information content (AvgIpc) is 2.52. The minimum absolute atomic E-state index is 0.0636. The molecule has 2 rings (SSSR count). The average molecular weight is 320 g/mol. The van der Waals surface area contributed by atoms with Crippen LogP contribution in [0.1, 0.15) is 44.7 Å². The Hall–Kier alpha value is -2.31. The molecule has 1 unspecified atom stereocenters. The maximum Gasteiger partial charge on any atom is 0.328 e. The van der Waals surface area contributed by atoms with E-state index < -0.39 is 11.2 Å². The molecule has 1 aromatic heterocycles. The Kier molecular flexibility index (Phi) is 5.78. The molecular formula is C16H24N4O3. The molecule has 0 aliphatic heterocycles. The first-order valence-corrected chi connectivity index (χ1v) is 7.98. The van der Waals surface area contributed by atoms with Crippen LogP contribution in [0.2, 0.25) is 0 Å². The summed E-state index contributed by atoms with van der Waals surface area (Å²) in [6, 6.07) is -0.368. The first kappa shape index (κ1) is 17.1. The fourth-order valence-corrected chi connectivity index (χ4v) is 2.55. The van der Waals surface area contributed by atoms with E-state index in [1.54, 1.807) is 0 Å². The Balaban J connectivity index is 1.88. The van der Waals surface area contributed by atoms with Crippen molar-refractivity contribution in [2.45, 2.75) is 45.7 Å². The van der Waals surface area contributed by atoms with Gasteiger partial charge >= 0.3 is 11.7 Å². The quantitative estimate of drug-likeness (QED) is 0.713. The van der Waals surface area contributed by atoms with Crippen molar-refractivity contribution in [2.24, 2.45) is 5.92 Å². The molecule has 0 saturated carbocycles. The van der Waals surface area contributed by atoms with E-state index in [2.05, 4.69) is 27.8 Å². The summed E-state index contributed by atoms with van der Waals surface area (Å²) in [5.74, 6) is 0.469. The molecule has 7 nitrogen and oxygen atoms in total. The van der Waals surface area contributed by atoms with Gasteiger partial charge in [-0.15, -0.1) is 0 Å². The summed E-state index contributed by atoms with van der Waals surface area (Å²) in [6.07, 6.45) is 8.92. The zero-order valence-electron chi connectivity index (χ0n) is 13.6. The normalized spacial score (nSPS) is 17.3. The molecule has 0 saturated heterocycles. The highest BCUT2D eigenvalue weighted by molar-refractivity contribution is 5.73. The smallest absolute Gasteiger partial charge is 0.328 e.